The van der Waals surface area contributed by atoms with Crippen molar-refractivity contribution in [3.63, 3.8) is 0 Å². The van der Waals surface area contributed by atoms with Gasteiger partial charge in [-0.25, -0.2) is 18.2 Å². The third-order valence-electron chi connectivity index (χ3n) is 4.34. The molecule has 1 aromatic heterocycles. The SMILES string of the molecule is CSc1ncccc1C(=O)OCC(=O)N(C1CC1)[C@@H]1CCS(=O)(=O)C1. The van der Waals surface area contributed by atoms with Gasteiger partial charge in [0.1, 0.15) is 5.03 Å². The van der Waals surface area contributed by atoms with Gasteiger partial charge in [0.2, 0.25) is 0 Å². The van der Waals surface area contributed by atoms with Gasteiger partial charge in [-0.1, -0.05) is 0 Å². The molecule has 3 rings (SSSR count). The minimum Gasteiger partial charge on any atom is -0.452 e. The summed E-state index contributed by atoms with van der Waals surface area (Å²) in [5.41, 5.74) is 0.323. The van der Waals surface area contributed by atoms with Crippen LogP contribution < -0.4 is 0 Å². The number of aromatic nitrogens is 1. The smallest absolute Gasteiger partial charge is 0.341 e. The summed E-state index contributed by atoms with van der Waals surface area (Å²) < 4.78 is 28.6. The Balaban J connectivity index is 1.63. The van der Waals surface area contributed by atoms with Crippen LogP contribution in [0.5, 0.6) is 0 Å². The lowest BCUT2D eigenvalue weighted by Crippen LogP contribution is -2.44. The van der Waals surface area contributed by atoms with Gasteiger partial charge in [0.05, 0.1) is 17.1 Å². The summed E-state index contributed by atoms with van der Waals surface area (Å²) in [4.78, 5) is 30.5. The maximum Gasteiger partial charge on any atom is 0.341 e. The molecule has 0 N–H and O–H groups in total. The summed E-state index contributed by atoms with van der Waals surface area (Å²) in [6.07, 6.45) is 5.59. The molecule has 0 radical (unpaired) electrons. The standard InChI is InChI=1S/C16H20N2O5S2/c1-24-15-13(3-2-7-17-15)16(20)23-9-14(19)18(11-4-5-11)12-6-8-25(21,22)10-12/h2-3,7,11-12H,4-6,8-10H2,1H3/t12-/m1/s1. The molecule has 2 heterocycles. The summed E-state index contributed by atoms with van der Waals surface area (Å²) in [6, 6.07) is 3.01. The van der Waals surface area contributed by atoms with E-state index in [0.29, 0.717) is 17.0 Å². The maximum atomic E-state index is 12.5. The lowest BCUT2D eigenvalue weighted by molar-refractivity contribution is -0.137. The minimum absolute atomic E-state index is 0.00240. The molecule has 9 heteroatoms. The van der Waals surface area contributed by atoms with Crippen LogP contribution in [0.4, 0.5) is 0 Å². The van der Waals surface area contributed by atoms with Crippen LogP contribution in [0, 0.1) is 0 Å². The van der Waals surface area contributed by atoms with Crippen LogP contribution in [0.1, 0.15) is 29.6 Å². The van der Waals surface area contributed by atoms with Crippen molar-refractivity contribution >= 4 is 33.5 Å². The zero-order valence-electron chi connectivity index (χ0n) is 13.9. The fraction of sp³-hybridized carbons (Fsp3) is 0.562. The second-order valence-corrected chi connectivity index (χ2v) is 9.25. The van der Waals surface area contributed by atoms with Crippen LogP contribution in [0.25, 0.3) is 0 Å². The molecule has 1 saturated carbocycles. The number of esters is 1. The molecule has 1 aliphatic heterocycles. The second-order valence-electron chi connectivity index (χ2n) is 6.23. The maximum absolute atomic E-state index is 12.5. The monoisotopic (exact) mass is 384 g/mol. The lowest BCUT2D eigenvalue weighted by Gasteiger charge is -2.28. The molecule has 0 bridgehead atoms. The van der Waals surface area contributed by atoms with E-state index in [1.807, 2.05) is 0 Å². The van der Waals surface area contributed by atoms with Crippen molar-refractivity contribution in [2.24, 2.45) is 0 Å². The molecule has 0 unspecified atom stereocenters. The van der Waals surface area contributed by atoms with Crippen LogP contribution in [0.15, 0.2) is 23.4 Å². The molecule has 1 saturated heterocycles. The summed E-state index contributed by atoms with van der Waals surface area (Å²) in [6.45, 7) is -0.380. The zero-order valence-corrected chi connectivity index (χ0v) is 15.5. The second kappa shape index (κ2) is 7.33. The quantitative estimate of drug-likeness (QED) is 0.536. The van der Waals surface area contributed by atoms with E-state index < -0.39 is 15.8 Å². The summed E-state index contributed by atoms with van der Waals surface area (Å²) in [7, 11) is -3.08. The van der Waals surface area contributed by atoms with Crippen molar-refractivity contribution in [3.8, 4) is 0 Å². The van der Waals surface area contributed by atoms with E-state index in [-0.39, 0.29) is 36.1 Å². The Labute approximate surface area is 151 Å². The molecule has 7 nitrogen and oxygen atoms in total. The third-order valence-corrected chi connectivity index (χ3v) is 6.80. The Morgan fingerprint density at radius 2 is 2.08 bits per heavy atom. The normalized spacial score (nSPS) is 21.7. The van der Waals surface area contributed by atoms with Gasteiger partial charge in [-0.2, -0.15) is 0 Å². The molecule has 0 spiro atoms. The fourth-order valence-electron chi connectivity index (χ4n) is 3.04. The van der Waals surface area contributed by atoms with Crippen molar-refractivity contribution < 1.29 is 22.7 Å². The highest BCUT2D eigenvalue weighted by atomic mass is 32.2. The van der Waals surface area contributed by atoms with Crippen molar-refractivity contribution in [2.75, 3.05) is 24.4 Å². The Kier molecular flexibility index (Phi) is 5.33. The van der Waals surface area contributed by atoms with E-state index in [2.05, 4.69) is 4.98 Å². The van der Waals surface area contributed by atoms with E-state index in [1.54, 1.807) is 29.5 Å². The van der Waals surface area contributed by atoms with Gasteiger partial charge < -0.3 is 9.64 Å². The van der Waals surface area contributed by atoms with Crippen LogP contribution in [-0.2, 0) is 19.4 Å². The molecule has 1 atom stereocenters. The lowest BCUT2D eigenvalue weighted by atomic mass is 10.2. The van der Waals surface area contributed by atoms with Crippen LogP contribution in [0.3, 0.4) is 0 Å². The van der Waals surface area contributed by atoms with Crippen molar-refractivity contribution in [2.45, 2.75) is 36.4 Å². The number of pyridine rings is 1. The van der Waals surface area contributed by atoms with Crippen LogP contribution >= 0.6 is 11.8 Å². The van der Waals surface area contributed by atoms with E-state index in [0.717, 1.165) is 12.8 Å². The Morgan fingerprint density at radius 3 is 2.68 bits per heavy atom. The Hall–Kier alpha value is -1.61. The van der Waals surface area contributed by atoms with Crippen molar-refractivity contribution in [1.82, 2.24) is 9.88 Å². The first-order valence-corrected chi connectivity index (χ1v) is 11.1. The minimum atomic E-state index is -3.08. The number of hydrogen-bond acceptors (Lipinski definition) is 7. The first kappa shape index (κ1) is 18.2. The number of carbonyl (C=O) groups excluding carboxylic acids is 2. The topological polar surface area (TPSA) is 93.6 Å². The number of carbonyl (C=O) groups is 2. The van der Waals surface area contributed by atoms with Gasteiger partial charge in [-0.05, 0) is 37.7 Å². The number of ether oxygens (including phenoxy) is 1. The van der Waals surface area contributed by atoms with Gasteiger partial charge in [-0.15, -0.1) is 11.8 Å². The van der Waals surface area contributed by atoms with Gasteiger partial charge >= 0.3 is 5.97 Å². The fourth-order valence-corrected chi connectivity index (χ4v) is 5.29. The Morgan fingerprint density at radius 1 is 1.32 bits per heavy atom. The summed E-state index contributed by atoms with van der Waals surface area (Å²) in [5.74, 6) is -0.809. The predicted octanol–water partition coefficient (Wildman–Crippen LogP) is 1.14. The molecule has 1 amide bonds. The molecule has 2 aliphatic rings. The average molecular weight is 384 g/mol. The van der Waals surface area contributed by atoms with Gasteiger partial charge in [0, 0.05) is 18.3 Å². The first-order valence-electron chi connectivity index (χ1n) is 8.09. The molecule has 2 fully saturated rings. The average Bonchev–Trinajstić information content (AvgIpc) is 3.36. The molecular weight excluding hydrogens is 364 g/mol. The number of amides is 1. The van der Waals surface area contributed by atoms with Gasteiger partial charge in [-0.3, -0.25) is 4.79 Å². The van der Waals surface area contributed by atoms with Gasteiger partial charge in [0.15, 0.2) is 16.4 Å². The van der Waals surface area contributed by atoms with Crippen molar-refractivity contribution in [3.05, 3.63) is 23.9 Å². The predicted molar refractivity (Wildman–Crippen MR) is 93.2 cm³/mol. The van der Waals surface area contributed by atoms with Crippen molar-refractivity contribution in [1.29, 1.82) is 0 Å². The third kappa shape index (κ3) is 4.33. The number of sulfone groups is 1. The highest BCUT2D eigenvalue weighted by Crippen LogP contribution is 2.32. The molecule has 1 aromatic rings. The highest BCUT2D eigenvalue weighted by molar-refractivity contribution is 7.98. The molecule has 0 aromatic carbocycles. The van der Waals surface area contributed by atoms with E-state index >= 15 is 0 Å². The molecule has 1 aliphatic carbocycles. The first-order chi connectivity index (χ1) is 11.9. The number of thioether (sulfide) groups is 1. The molecule has 136 valence electrons. The van der Waals surface area contributed by atoms with Crippen LogP contribution in [-0.4, -0.2) is 66.6 Å². The number of hydrogen-bond donors (Lipinski definition) is 0. The van der Waals surface area contributed by atoms with Gasteiger partial charge in [0.25, 0.3) is 5.91 Å². The Bertz CT molecular complexity index is 776. The highest BCUT2D eigenvalue weighted by Gasteiger charge is 2.42. The zero-order chi connectivity index (χ0) is 18.0. The van der Waals surface area contributed by atoms with E-state index in [9.17, 15) is 18.0 Å². The van der Waals surface area contributed by atoms with E-state index in [1.165, 1.54) is 11.8 Å². The molecule has 25 heavy (non-hydrogen) atoms. The summed E-state index contributed by atoms with van der Waals surface area (Å²) in [5, 5.41) is 0.542. The number of nitrogens with zero attached hydrogens (tertiary/aromatic N) is 2. The van der Waals surface area contributed by atoms with Crippen LogP contribution in [0.2, 0.25) is 0 Å². The molecular formula is C16H20N2O5S2. The number of rotatable bonds is 6. The largest absolute Gasteiger partial charge is 0.452 e. The summed E-state index contributed by atoms with van der Waals surface area (Å²) >= 11 is 1.33. The van der Waals surface area contributed by atoms with E-state index in [4.69, 9.17) is 4.74 Å².